The molecule has 1 aromatic heterocycles. The molecular weight excluding hydrogens is 480 g/mol. The van der Waals surface area contributed by atoms with Crippen molar-refractivity contribution in [1.82, 2.24) is 4.98 Å². The molecular formula is C31H36N2O5. The van der Waals surface area contributed by atoms with Crippen LogP contribution in [-0.4, -0.2) is 40.0 Å². The summed E-state index contributed by atoms with van der Waals surface area (Å²) in [6, 6.07) is 12.7. The molecule has 0 spiro atoms. The Morgan fingerprint density at radius 3 is 2.66 bits per heavy atom. The van der Waals surface area contributed by atoms with Crippen molar-refractivity contribution in [3.05, 3.63) is 70.4 Å². The first-order valence-electron chi connectivity index (χ1n) is 13.3. The van der Waals surface area contributed by atoms with Crippen LogP contribution in [-0.2, 0) is 11.2 Å². The largest absolute Gasteiger partial charge is 0.493 e. The van der Waals surface area contributed by atoms with Crippen LogP contribution in [0.15, 0.2) is 42.6 Å². The maximum absolute atomic E-state index is 11.1. The van der Waals surface area contributed by atoms with Crippen LogP contribution >= 0.6 is 0 Å². The number of anilines is 1. The van der Waals surface area contributed by atoms with Gasteiger partial charge in [-0.2, -0.15) is 0 Å². The second-order valence-electron chi connectivity index (χ2n) is 11.2. The van der Waals surface area contributed by atoms with E-state index in [-0.39, 0.29) is 18.4 Å². The Labute approximate surface area is 223 Å². The number of aliphatic carboxylic acids is 1. The van der Waals surface area contributed by atoms with Crippen LogP contribution < -0.4 is 14.8 Å². The van der Waals surface area contributed by atoms with Crippen LogP contribution in [0.1, 0.15) is 72.9 Å². The predicted octanol–water partition coefficient (Wildman–Crippen LogP) is 5.96. The van der Waals surface area contributed by atoms with E-state index in [4.69, 9.17) is 14.6 Å². The van der Waals surface area contributed by atoms with Gasteiger partial charge >= 0.3 is 5.97 Å². The molecule has 0 saturated heterocycles. The molecule has 0 bridgehead atoms. The lowest BCUT2D eigenvalue weighted by atomic mass is 9.90. The highest BCUT2D eigenvalue weighted by Gasteiger charge is 2.29. The van der Waals surface area contributed by atoms with Gasteiger partial charge in [-0.05, 0) is 86.1 Å². The highest BCUT2D eigenvalue weighted by Crippen LogP contribution is 2.43. The van der Waals surface area contributed by atoms with Crippen LogP contribution in [0.5, 0.6) is 11.5 Å². The number of ether oxygens (including phenoxy) is 2. The van der Waals surface area contributed by atoms with Crippen LogP contribution in [0.25, 0.3) is 11.1 Å². The third-order valence-electron chi connectivity index (χ3n) is 7.55. The van der Waals surface area contributed by atoms with Gasteiger partial charge in [0.15, 0.2) is 0 Å². The van der Waals surface area contributed by atoms with Gasteiger partial charge in [-0.3, -0.25) is 4.79 Å². The first kappa shape index (κ1) is 26.0. The fraction of sp³-hybridized carbons (Fsp3) is 0.419. The summed E-state index contributed by atoms with van der Waals surface area (Å²) in [7, 11) is 0. The second kappa shape index (κ2) is 10.3. The van der Waals surface area contributed by atoms with Crippen molar-refractivity contribution in [3.8, 4) is 22.6 Å². The van der Waals surface area contributed by atoms with Crippen molar-refractivity contribution in [3.63, 3.8) is 0 Å². The van der Waals surface area contributed by atoms with E-state index in [0.717, 1.165) is 35.7 Å². The number of carboxylic acids is 1. The monoisotopic (exact) mass is 516 g/mol. The number of benzene rings is 2. The minimum absolute atomic E-state index is 0.0486. The Morgan fingerprint density at radius 1 is 1.18 bits per heavy atom. The van der Waals surface area contributed by atoms with Gasteiger partial charge < -0.3 is 25.0 Å². The van der Waals surface area contributed by atoms with E-state index in [2.05, 4.69) is 54.5 Å². The molecule has 2 heterocycles. The summed E-state index contributed by atoms with van der Waals surface area (Å²) >= 11 is 0. The van der Waals surface area contributed by atoms with Crippen molar-refractivity contribution < 1.29 is 24.5 Å². The van der Waals surface area contributed by atoms with Crippen LogP contribution in [0.3, 0.4) is 0 Å². The molecule has 2 aliphatic rings. The SMILES string of the molecule is Cc1cc(OCCC(C)(C)O)cc(C)c1-c1cccc2c1CC[C@H]2Nc1cc2c(cn1)[C@H](CC(=O)O)CO2. The lowest BCUT2D eigenvalue weighted by Gasteiger charge is -2.20. The number of fused-ring (bicyclic) bond motifs is 2. The summed E-state index contributed by atoms with van der Waals surface area (Å²) in [6.45, 7) is 8.69. The number of aliphatic hydroxyl groups is 1. The summed E-state index contributed by atoms with van der Waals surface area (Å²) < 4.78 is 11.7. The van der Waals surface area contributed by atoms with Gasteiger partial charge in [0.25, 0.3) is 0 Å². The third-order valence-corrected chi connectivity index (χ3v) is 7.55. The maximum Gasteiger partial charge on any atom is 0.304 e. The zero-order chi connectivity index (χ0) is 27.0. The van der Waals surface area contributed by atoms with E-state index in [0.29, 0.717) is 19.6 Å². The van der Waals surface area contributed by atoms with Gasteiger partial charge in [0.2, 0.25) is 0 Å². The van der Waals surface area contributed by atoms with Crippen molar-refractivity contribution >= 4 is 11.8 Å². The normalized spacial score (nSPS) is 18.0. The van der Waals surface area contributed by atoms with E-state index < -0.39 is 11.6 Å². The van der Waals surface area contributed by atoms with Gasteiger partial charge in [0.1, 0.15) is 17.3 Å². The molecule has 0 amide bonds. The van der Waals surface area contributed by atoms with Crippen molar-refractivity contribution in [2.45, 2.75) is 70.9 Å². The van der Waals surface area contributed by atoms with Crippen LogP contribution in [0.4, 0.5) is 5.82 Å². The van der Waals surface area contributed by atoms with Gasteiger partial charge in [-0.1, -0.05) is 18.2 Å². The van der Waals surface area contributed by atoms with Gasteiger partial charge in [0, 0.05) is 30.2 Å². The number of carbonyl (C=O) groups is 1. The van der Waals surface area contributed by atoms with Crippen molar-refractivity contribution in [2.24, 2.45) is 0 Å². The standard InChI is InChI=1S/C31H36N2O5/c1-18-12-21(37-11-10-31(3,4)36)13-19(2)30(18)24-7-5-6-23-22(24)8-9-26(23)33-28-15-27-25(16-32-28)20(17-38-27)14-29(34)35/h5-7,12-13,15-16,20,26,36H,8-11,14,17H2,1-4H3,(H,32,33)(H,34,35)/t20-,26-/m1/s1. The molecule has 2 aromatic carbocycles. The number of hydrogen-bond donors (Lipinski definition) is 3. The molecule has 38 heavy (non-hydrogen) atoms. The Hall–Kier alpha value is -3.58. The first-order chi connectivity index (χ1) is 18.1. The van der Waals surface area contributed by atoms with E-state index in [1.807, 2.05) is 6.07 Å². The number of aromatic nitrogens is 1. The molecule has 0 unspecified atom stereocenters. The Balaban J connectivity index is 1.35. The van der Waals surface area contributed by atoms with E-state index in [1.165, 1.54) is 33.4 Å². The third kappa shape index (κ3) is 5.48. The number of carboxylic acid groups (broad SMARTS) is 1. The number of nitrogens with zero attached hydrogens (tertiary/aromatic N) is 1. The van der Waals surface area contributed by atoms with Crippen molar-refractivity contribution in [1.29, 1.82) is 0 Å². The molecule has 3 aromatic rings. The molecule has 7 heteroatoms. The summed E-state index contributed by atoms with van der Waals surface area (Å²) in [5, 5.41) is 22.7. The number of nitrogens with one attached hydrogen (secondary N) is 1. The summed E-state index contributed by atoms with van der Waals surface area (Å²) in [6.07, 6.45) is 4.30. The molecule has 0 saturated carbocycles. The number of rotatable bonds is 9. The van der Waals surface area contributed by atoms with Crippen LogP contribution in [0, 0.1) is 13.8 Å². The molecule has 1 aliphatic carbocycles. The van der Waals surface area contributed by atoms with Crippen molar-refractivity contribution in [2.75, 3.05) is 18.5 Å². The van der Waals surface area contributed by atoms with E-state index >= 15 is 0 Å². The highest BCUT2D eigenvalue weighted by atomic mass is 16.5. The highest BCUT2D eigenvalue weighted by molar-refractivity contribution is 5.76. The summed E-state index contributed by atoms with van der Waals surface area (Å²) in [5.74, 6) is 1.31. The summed E-state index contributed by atoms with van der Waals surface area (Å²) in [5.41, 5.74) is 7.58. The number of hydrogen-bond acceptors (Lipinski definition) is 6. The molecule has 5 rings (SSSR count). The molecule has 3 N–H and O–H groups in total. The smallest absolute Gasteiger partial charge is 0.304 e. The zero-order valence-electron chi connectivity index (χ0n) is 22.5. The van der Waals surface area contributed by atoms with Gasteiger partial charge in [-0.15, -0.1) is 0 Å². The first-order valence-corrected chi connectivity index (χ1v) is 13.3. The minimum Gasteiger partial charge on any atom is -0.493 e. The number of pyridine rings is 1. The Bertz CT molecular complexity index is 1340. The quantitative estimate of drug-likeness (QED) is 0.323. The van der Waals surface area contributed by atoms with Gasteiger partial charge in [0.05, 0.1) is 31.3 Å². The maximum atomic E-state index is 11.1. The second-order valence-corrected chi connectivity index (χ2v) is 11.2. The molecule has 0 fully saturated rings. The average molecular weight is 517 g/mol. The Morgan fingerprint density at radius 2 is 1.95 bits per heavy atom. The molecule has 0 radical (unpaired) electrons. The lowest BCUT2D eigenvalue weighted by Crippen LogP contribution is -2.21. The number of aryl methyl sites for hydroxylation is 2. The summed E-state index contributed by atoms with van der Waals surface area (Å²) in [4.78, 5) is 15.7. The zero-order valence-corrected chi connectivity index (χ0v) is 22.5. The molecule has 200 valence electrons. The fourth-order valence-electron chi connectivity index (χ4n) is 5.69. The van der Waals surface area contributed by atoms with E-state index in [1.54, 1.807) is 20.0 Å². The fourth-order valence-corrected chi connectivity index (χ4v) is 5.69. The lowest BCUT2D eigenvalue weighted by molar-refractivity contribution is -0.137. The Kier molecular flexibility index (Phi) is 7.05. The molecule has 2 atom stereocenters. The van der Waals surface area contributed by atoms with Gasteiger partial charge in [-0.25, -0.2) is 4.98 Å². The molecule has 7 nitrogen and oxygen atoms in total. The van der Waals surface area contributed by atoms with E-state index in [9.17, 15) is 9.90 Å². The molecule has 1 aliphatic heterocycles. The van der Waals surface area contributed by atoms with Crippen LogP contribution in [0.2, 0.25) is 0 Å². The predicted molar refractivity (Wildman–Crippen MR) is 147 cm³/mol. The average Bonchev–Trinajstić information content (AvgIpc) is 3.42. The topological polar surface area (TPSA) is 101 Å². The minimum atomic E-state index is -0.828.